The van der Waals surface area contributed by atoms with Gasteiger partial charge in [0.25, 0.3) is 0 Å². The summed E-state index contributed by atoms with van der Waals surface area (Å²) in [6, 6.07) is 19.0. The maximum Gasteiger partial charge on any atom is 0.0702 e. The molecule has 0 aliphatic carbocycles. The lowest BCUT2D eigenvalue weighted by molar-refractivity contribution is 0.969. The van der Waals surface area contributed by atoms with E-state index in [4.69, 9.17) is 5.73 Å². The molecule has 19 heavy (non-hydrogen) atoms. The molecule has 2 aromatic carbocycles. The lowest BCUT2D eigenvalue weighted by Gasteiger charge is -2.06. The monoisotopic (exact) mass is 248 g/mol. The molecule has 0 spiro atoms. The van der Waals surface area contributed by atoms with Crippen molar-refractivity contribution in [1.82, 2.24) is 4.98 Å². The fourth-order valence-electron chi connectivity index (χ4n) is 2.33. The summed E-state index contributed by atoms with van der Waals surface area (Å²) in [6.07, 6.45) is 2.74. The van der Waals surface area contributed by atoms with Crippen LogP contribution in [0.1, 0.15) is 5.56 Å². The van der Waals surface area contributed by atoms with Crippen LogP contribution in [0.25, 0.3) is 22.0 Å². The standard InChI is InChI=1S/C17H16N2/c18-9-8-13-3-1-4-14(11-13)15-6-7-17-16(12-15)5-2-10-19-17/h1-7,10-12H,8-9,18H2. The average molecular weight is 248 g/mol. The van der Waals surface area contributed by atoms with Crippen molar-refractivity contribution >= 4 is 10.9 Å². The SMILES string of the molecule is NCCc1cccc(-c2ccc3ncccc3c2)c1. The summed E-state index contributed by atoms with van der Waals surface area (Å²) in [5.41, 5.74) is 10.4. The van der Waals surface area contributed by atoms with E-state index in [2.05, 4.69) is 53.5 Å². The zero-order chi connectivity index (χ0) is 13.1. The van der Waals surface area contributed by atoms with E-state index in [0.717, 1.165) is 11.9 Å². The van der Waals surface area contributed by atoms with Gasteiger partial charge in [-0.1, -0.05) is 36.4 Å². The molecule has 2 N–H and O–H groups in total. The lowest BCUT2D eigenvalue weighted by atomic mass is 10.0. The molecular weight excluding hydrogens is 232 g/mol. The number of hydrogen-bond acceptors (Lipinski definition) is 2. The fourth-order valence-corrected chi connectivity index (χ4v) is 2.33. The number of nitrogens with two attached hydrogens (primary N) is 1. The Labute approximate surface area is 112 Å². The van der Waals surface area contributed by atoms with E-state index in [0.29, 0.717) is 6.54 Å². The van der Waals surface area contributed by atoms with Gasteiger partial charge in [0.2, 0.25) is 0 Å². The third-order valence-corrected chi connectivity index (χ3v) is 3.30. The second-order valence-electron chi connectivity index (χ2n) is 4.65. The zero-order valence-electron chi connectivity index (χ0n) is 10.7. The quantitative estimate of drug-likeness (QED) is 0.771. The van der Waals surface area contributed by atoms with Crippen molar-refractivity contribution in [3.63, 3.8) is 0 Å². The molecule has 94 valence electrons. The van der Waals surface area contributed by atoms with E-state index in [9.17, 15) is 0 Å². The van der Waals surface area contributed by atoms with Gasteiger partial charge in [-0.05, 0) is 47.9 Å². The predicted octanol–water partition coefficient (Wildman–Crippen LogP) is 3.40. The number of aromatic nitrogens is 1. The Morgan fingerprint density at radius 2 is 1.79 bits per heavy atom. The first-order valence-corrected chi connectivity index (χ1v) is 6.51. The summed E-state index contributed by atoms with van der Waals surface area (Å²) in [5, 5.41) is 1.17. The number of nitrogens with zero attached hydrogens (tertiary/aromatic N) is 1. The number of benzene rings is 2. The van der Waals surface area contributed by atoms with Crippen LogP contribution in [0.5, 0.6) is 0 Å². The third-order valence-electron chi connectivity index (χ3n) is 3.30. The highest BCUT2D eigenvalue weighted by molar-refractivity contribution is 5.84. The summed E-state index contributed by atoms with van der Waals surface area (Å²) < 4.78 is 0. The number of rotatable bonds is 3. The molecule has 0 aliphatic heterocycles. The van der Waals surface area contributed by atoms with Crippen molar-refractivity contribution in [3.05, 3.63) is 66.4 Å². The van der Waals surface area contributed by atoms with Gasteiger partial charge in [-0.15, -0.1) is 0 Å². The molecule has 0 radical (unpaired) electrons. The Kier molecular flexibility index (Phi) is 3.25. The van der Waals surface area contributed by atoms with Crippen molar-refractivity contribution in [2.75, 3.05) is 6.54 Å². The Balaban J connectivity index is 2.05. The normalized spacial score (nSPS) is 10.8. The molecule has 3 aromatic rings. The fraction of sp³-hybridized carbons (Fsp3) is 0.118. The molecule has 0 saturated heterocycles. The molecular formula is C17H16N2. The Bertz CT molecular complexity index is 704. The average Bonchev–Trinajstić information content (AvgIpc) is 2.47. The summed E-state index contributed by atoms with van der Waals surface area (Å²) in [5.74, 6) is 0. The first kappa shape index (κ1) is 11.9. The first-order valence-electron chi connectivity index (χ1n) is 6.51. The van der Waals surface area contributed by atoms with E-state index in [-0.39, 0.29) is 0 Å². The predicted molar refractivity (Wildman–Crippen MR) is 79.9 cm³/mol. The minimum atomic E-state index is 0.686. The van der Waals surface area contributed by atoms with E-state index in [1.165, 1.54) is 22.1 Å². The highest BCUT2D eigenvalue weighted by Gasteiger charge is 2.01. The van der Waals surface area contributed by atoms with E-state index < -0.39 is 0 Å². The third kappa shape index (κ3) is 2.49. The molecule has 1 heterocycles. The van der Waals surface area contributed by atoms with Gasteiger partial charge >= 0.3 is 0 Å². The van der Waals surface area contributed by atoms with Gasteiger partial charge in [0.1, 0.15) is 0 Å². The van der Waals surface area contributed by atoms with Crippen molar-refractivity contribution in [2.24, 2.45) is 5.73 Å². The van der Waals surface area contributed by atoms with E-state index in [1.54, 1.807) is 0 Å². The van der Waals surface area contributed by atoms with E-state index >= 15 is 0 Å². The molecule has 0 unspecified atom stereocenters. The smallest absolute Gasteiger partial charge is 0.0702 e. The molecule has 0 bridgehead atoms. The second kappa shape index (κ2) is 5.21. The molecule has 2 nitrogen and oxygen atoms in total. The summed E-state index contributed by atoms with van der Waals surface area (Å²) in [6.45, 7) is 0.686. The summed E-state index contributed by atoms with van der Waals surface area (Å²) in [7, 11) is 0. The highest BCUT2D eigenvalue weighted by Crippen LogP contribution is 2.24. The van der Waals surface area contributed by atoms with Gasteiger partial charge < -0.3 is 5.73 Å². The zero-order valence-corrected chi connectivity index (χ0v) is 10.7. The van der Waals surface area contributed by atoms with Gasteiger partial charge in [0, 0.05) is 11.6 Å². The topological polar surface area (TPSA) is 38.9 Å². The van der Waals surface area contributed by atoms with Crippen molar-refractivity contribution < 1.29 is 0 Å². The summed E-state index contributed by atoms with van der Waals surface area (Å²) >= 11 is 0. The van der Waals surface area contributed by atoms with Gasteiger partial charge in [-0.25, -0.2) is 0 Å². The van der Waals surface area contributed by atoms with Crippen molar-refractivity contribution in [2.45, 2.75) is 6.42 Å². The Morgan fingerprint density at radius 3 is 2.68 bits per heavy atom. The van der Waals surface area contributed by atoms with Crippen LogP contribution in [0.2, 0.25) is 0 Å². The highest BCUT2D eigenvalue weighted by atomic mass is 14.6. The molecule has 0 aliphatic rings. The number of fused-ring (bicyclic) bond motifs is 1. The minimum absolute atomic E-state index is 0.686. The van der Waals surface area contributed by atoms with Gasteiger partial charge in [-0.3, -0.25) is 4.98 Å². The lowest BCUT2D eigenvalue weighted by Crippen LogP contribution is -2.02. The maximum absolute atomic E-state index is 5.62. The van der Waals surface area contributed by atoms with Crippen LogP contribution < -0.4 is 5.73 Å². The molecule has 3 rings (SSSR count). The summed E-state index contributed by atoms with van der Waals surface area (Å²) in [4.78, 5) is 4.35. The molecule has 0 amide bonds. The van der Waals surface area contributed by atoms with Crippen LogP contribution in [0.4, 0.5) is 0 Å². The van der Waals surface area contributed by atoms with E-state index in [1.807, 2.05) is 12.3 Å². The van der Waals surface area contributed by atoms with Gasteiger partial charge in [0.15, 0.2) is 0 Å². The minimum Gasteiger partial charge on any atom is -0.330 e. The van der Waals surface area contributed by atoms with Crippen molar-refractivity contribution in [3.8, 4) is 11.1 Å². The van der Waals surface area contributed by atoms with Crippen LogP contribution >= 0.6 is 0 Å². The number of pyridine rings is 1. The van der Waals surface area contributed by atoms with Crippen molar-refractivity contribution in [1.29, 1.82) is 0 Å². The Hall–Kier alpha value is -2.19. The van der Waals surface area contributed by atoms with Gasteiger partial charge in [0.05, 0.1) is 5.52 Å². The maximum atomic E-state index is 5.62. The Morgan fingerprint density at radius 1 is 0.895 bits per heavy atom. The van der Waals surface area contributed by atoms with Crippen LogP contribution in [-0.4, -0.2) is 11.5 Å². The van der Waals surface area contributed by atoms with Crippen LogP contribution in [0.15, 0.2) is 60.8 Å². The van der Waals surface area contributed by atoms with Gasteiger partial charge in [-0.2, -0.15) is 0 Å². The number of hydrogen-bond donors (Lipinski definition) is 1. The van der Waals surface area contributed by atoms with Crippen LogP contribution in [0.3, 0.4) is 0 Å². The second-order valence-corrected chi connectivity index (χ2v) is 4.65. The molecule has 0 saturated carbocycles. The molecule has 0 fully saturated rings. The molecule has 2 heteroatoms. The first-order chi connectivity index (χ1) is 9.36. The largest absolute Gasteiger partial charge is 0.330 e. The van der Waals surface area contributed by atoms with Crippen LogP contribution in [-0.2, 0) is 6.42 Å². The molecule has 1 aromatic heterocycles. The molecule has 0 atom stereocenters. The van der Waals surface area contributed by atoms with Crippen LogP contribution in [0, 0.1) is 0 Å².